The Labute approximate surface area is 119 Å². The highest BCUT2D eigenvalue weighted by Crippen LogP contribution is 2.19. The normalized spacial score (nSPS) is 11.8. The molecule has 1 unspecified atom stereocenters. The van der Waals surface area contributed by atoms with Gasteiger partial charge in [-0.25, -0.2) is 9.18 Å². The Hall–Kier alpha value is -1.43. The smallest absolute Gasteiger partial charge is 0.340 e. The number of ether oxygens (including phenoxy) is 1. The molecule has 19 heavy (non-hydrogen) atoms. The van der Waals surface area contributed by atoms with Gasteiger partial charge < -0.3 is 10.1 Å². The predicted molar refractivity (Wildman–Crippen MR) is 72.3 cm³/mol. The van der Waals surface area contributed by atoms with Crippen LogP contribution in [0.1, 0.15) is 30.6 Å². The van der Waals surface area contributed by atoms with E-state index in [1.807, 2.05) is 6.92 Å². The first-order valence-corrected chi connectivity index (χ1v) is 6.68. The van der Waals surface area contributed by atoms with Crippen LogP contribution in [0.3, 0.4) is 0 Å². The van der Waals surface area contributed by atoms with Crippen molar-refractivity contribution in [1.29, 1.82) is 0 Å². The first-order valence-electron chi connectivity index (χ1n) is 5.89. The zero-order valence-electron chi connectivity index (χ0n) is 10.7. The minimum Gasteiger partial charge on any atom is -0.449 e. The first-order chi connectivity index (χ1) is 8.95. The number of carbonyl (C=O) groups excluding carboxylic acids is 2. The third-order valence-corrected chi connectivity index (χ3v) is 3.01. The van der Waals surface area contributed by atoms with E-state index in [4.69, 9.17) is 4.74 Å². The highest BCUT2D eigenvalue weighted by molar-refractivity contribution is 9.10. The molecule has 0 saturated heterocycles. The van der Waals surface area contributed by atoms with Crippen molar-refractivity contribution in [1.82, 2.24) is 5.32 Å². The van der Waals surface area contributed by atoms with E-state index in [1.165, 1.54) is 19.1 Å². The second kappa shape index (κ2) is 7.23. The third-order valence-electron chi connectivity index (χ3n) is 2.35. The van der Waals surface area contributed by atoms with Crippen LogP contribution in [0.25, 0.3) is 0 Å². The number of halogens is 2. The van der Waals surface area contributed by atoms with Crippen molar-refractivity contribution in [2.75, 3.05) is 6.54 Å². The van der Waals surface area contributed by atoms with Gasteiger partial charge in [0, 0.05) is 11.0 Å². The van der Waals surface area contributed by atoms with Crippen molar-refractivity contribution in [2.45, 2.75) is 26.4 Å². The van der Waals surface area contributed by atoms with E-state index < -0.39 is 17.9 Å². The Kier molecular flexibility index (Phi) is 5.95. The highest BCUT2D eigenvalue weighted by atomic mass is 79.9. The van der Waals surface area contributed by atoms with E-state index in [1.54, 1.807) is 0 Å². The fourth-order valence-corrected chi connectivity index (χ4v) is 1.84. The summed E-state index contributed by atoms with van der Waals surface area (Å²) in [7, 11) is 0. The van der Waals surface area contributed by atoms with Crippen LogP contribution in [-0.4, -0.2) is 24.5 Å². The molecule has 1 aromatic carbocycles. The van der Waals surface area contributed by atoms with Crippen molar-refractivity contribution in [3.05, 3.63) is 34.1 Å². The minimum atomic E-state index is -0.893. The second-order valence-corrected chi connectivity index (χ2v) is 4.82. The van der Waals surface area contributed by atoms with Crippen molar-refractivity contribution < 1.29 is 18.7 Å². The quantitative estimate of drug-likeness (QED) is 0.844. The van der Waals surface area contributed by atoms with Crippen LogP contribution in [0.15, 0.2) is 22.7 Å². The van der Waals surface area contributed by atoms with Gasteiger partial charge in [-0.05, 0) is 47.5 Å². The molecule has 0 spiro atoms. The van der Waals surface area contributed by atoms with Gasteiger partial charge in [0.1, 0.15) is 5.82 Å². The van der Waals surface area contributed by atoms with Gasteiger partial charge in [0.15, 0.2) is 6.10 Å². The molecule has 6 heteroatoms. The molecule has 104 valence electrons. The summed E-state index contributed by atoms with van der Waals surface area (Å²) in [5.41, 5.74) is 0.177. The van der Waals surface area contributed by atoms with Gasteiger partial charge in [-0.2, -0.15) is 0 Å². The van der Waals surface area contributed by atoms with Crippen LogP contribution in [0.4, 0.5) is 4.39 Å². The van der Waals surface area contributed by atoms with E-state index in [0.717, 1.165) is 12.5 Å². The van der Waals surface area contributed by atoms with Crippen molar-refractivity contribution in [3.8, 4) is 0 Å². The lowest BCUT2D eigenvalue weighted by atomic mass is 10.2. The highest BCUT2D eigenvalue weighted by Gasteiger charge is 2.20. The number of amides is 1. The largest absolute Gasteiger partial charge is 0.449 e. The molecule has 4 nitrogen and oxygen atoms in total. The number of hydrogen-bond acceptors (Lipinski definition) is 3. The fraction of sp³-hybridized carbons (Fsp3) is 0.385. The molecule has 0 bridgehead atoms. The zero-order valence-corrected chi connectivity index (χ0v) is 12.3. The summed E-state index contributed by atoms with van der Waals surface area (Å²) in [5, 5.41) is 2.62. The molecule has 0 aliphatic carbocycles. The molecular weight excluding hydrogens is 317 g/mol. The number of benzene rings is 1. The van der Waals surface area contributed by atoms with Crippen LogP contribution >= 0.6 is 15.9 Å². The average molecular weight is 332 g/mol. The number of hydrogen-bond donors (Lipinski definition) is 1. The Balaban J connectivity index is 2.66. The van der Waals surface area contributed by atoms with Gasteiger partial charge >= 0.3 is 5.97 Å². The average Bonchev–Trinajstić information content (AvgIpc) is 2.35. The van der Waals surface area contributed by atoms with Gasteiger partial charge in [0.2, 0.25) is 0 Å². The van der Waals surface area contributed by atoms with Gasteiger partial charge in [-0.15, -0.1) is 0 Å². The van der Waals surface area contributed by atoms with E-state index >= 15 is 0 Å². The zero-order chi connectivity index (χ0) is 14.4. The number of rotatable bonds is 5. The summed E-state index contributed by atoms with van der Waals surface area (Å²) in [6.07, 6.45) is -0.0911. The van der Waals surface area contributed by atoms with Crippen LogP contribution in [0.5, 0.6) is 0 Å². The third kappa shape index (κ3) is 4.63. The molecule has 0 aliphatic heterocycles. The summed E-state index contributed by atoms with van der Waals surface area (Å²) in [6, 6.07) is 3.63. The van der Waals surface area contributed by atoms with E-state index in [2.05, 4.69) is 21.2 Å². The molecule has 0 fully saturated rings. The number of esters is 1. The topological polar surface area (TPSA) is 55.4 Å². The molecule has 1 rings (SSSR count). The van der Waals surface area contributed by atoms with Gasteiger partial charge in [0.25, 0.3) is 5.91 Å². The molecule has 0 radical (unpaired) electrons. The monoisotopic (exact) mass is 331 g/mol. The Morgan fingerprint density at radius 1 is 1.47 bits per heavy atom. The van der Waals surface area contributed by atoms with Gasteiger partial charge in [-0.1, -0.05) is 6.92 Å². The van der Waals surface area contributed by atoms with Crippen LogP contribution in [0, 0.1) is 5.82 Å². The first kappa shape index (κ1) is 15.6. The summed E-state index contributed by atoms with van der Waals surface area (Å²) in [6.45, 7) is 3.94. The SMILES string of the molecule is CCCNC(=O)C(C)OC(=O)c1ccc(F)cc1Br. The molecule has 0 aromatic heterocycles. The van der Waals surface area contributed by atoms with E-state index in [0.29, 0.717) is 11.0 Å². The fourth-order valence-electron chi connectivity index (χ4n) is 1.32. The number of nitrogens with one attached hydrogen (secondary N) is 1. The summed E-state index contributed by atoms with van der Waals surface area (Å²) in [4.78, 5) is 23.4. The Bertz CT molecular complexity index is 479. The van der Waals surface area contributed by atoms with Crippen molar-refractivity contribution in [2.24, 2.45) is 0 Å². The Morgan fingerprint density at radius 2 is 2.16 bits per heavy atom. The van der Waals surface area contributed by atoms with E-state index in [-0.39, 0.29) is 11.5 Å². The lowest BCUT2D eigenvalue weighted by Gasteiger charge is -2.13. The summed E-state index contributed by atoms with van der Waals surface area (Å²) < 4.78 is 18.2. The van der Waals surface area contributed by atoms with Crippen molar-refractivity contribution in [3.63, 3.8) is 0 Å². The van der Waals surface area contributed by atoms with Crippen molar-refractivity contribution >= 4 is 27.8 Å². The maximum atomic E-state index is 12.9. The summed E-state index contributed by atoms with van der Waals surface area (Å²) in [5.74, 6) is -1.49. The Morgan fingerprint density at radius 3 is 2.74 bits per heavy atom. The molecule has 0 aliphatic rings. The number of carbonyl (C=O) groups is 2. The maximum absolute atomic E-state index is 12.9. The second-order valence-electron chi connectivity index (χ2n) is 3.96. The molecule has 1 atom stereocenters. The van der Waals surface area contributed by atoms with Crippen LogP contribution in [0.2, 0.25) is 0 Å². The molecule has 0 saturated carbocycles. The molecule has 1 N–H and O–H groups in total. The van der Waals surface area contributed by atoms with E-state index in [9.17, 15) is 14.0 Å². The molecule has 1 aromatic rings. The van der Waals surface area contributed by atoms with Crippen LogP contribution in [-0.2, 0) is 9.53 Å². The molecule has 1 amide bonds. The predicted octanol–water partition coefficient (Wildman–Crippen LogP) is 2.66. The standard InChI is InChI=1S/C13H15BrFNO3/c1-3-6-16-12(17)8(2)19-13(18)10-5-4-9(15)7-11(10)14/h4-5,7-8H,3,6H2,1-2H3,(H,16,17). The summed E-state index contributed by atoms with van der Waals surface area (Å²) >= 11 is 3.08. The van der Waals surface area contributed by atoms with Gasteiger partial charge in [-0.3, -0.25) is 4.79 Å². The minimum absolute atomic E-state index is 0.177. The lowest BCUT2D eigenvalue weighted by molar-refractivity contribution is -0.129. The van der Waals surface area contributed by atoms with Crippen LogP contribution < -0.4 is 5.32 Å². The van der Waals surface area contributed by atoms with Gasteiger partial charge in [0.05, 0.1) is 5.56 Å². The molecule has 0 heterocycles. The lowest BCUT2D eigenvalue weighted by Crippen LogP contribution is -2.36. The maximum Gasteiger partial charge on any atom is 0.340 e. The molecular formula is C13H15BrFNO3.